The van der Waals surface area contributed by atoms with Gasteiger partial charge in [-0.25, -0.2) is 4.68 Å². The van der Waals surface area contributed by atoms with Crippen molar-refractivity contribution in [3.63, 3.8) is 0 Å². The van der Waals surface area contributed by atoms with E-state index in [1.54, 1.807) is 6.21 Å². The molecule has 4 rings (SSSR count). The molecule has 5 nitrogen and oxygen atoms in total. The van der Waals surface area contributed by atoms with Gasteiger partial charge in [-0.05, 0) is 55.5 Å². The average Bonchev–Trinajstić information content (AvgIpc) is 3.19. The number of hydrogen-bond donors (Lipinski definition) is 2. The van der Waals surface area contributed by atoms with Crippen molar-refractivity contribution in [1.82, 2.24) is 15.2 Å². The monoisotopic (exact) mass is 489 g/mol. The molecule has 0 radical (unpaired) electrons. The van der Waals surface area contributed by atoms with Crippen molar-refractivity contribution in [3.05, 3.63) is 101 Å². The Morgan fingerprint density at radius 2 is 1.71 bits per heavy atom. The summed E-state index contributed by atoms with van der Waals surface area (Å²) in [5.74, 6) is 0. The van der Waals surface area contributed by atoms with Crippen molar-refractivity contribution in [3.8, 4) is 16.9 Å². The molecule has 0 amide bonds. The lowest BCUT2D eigenvalue weighted by molar-refractivity contribution is 0.884. The average molecular weight is 490 g/mol. The van der Waals surface area contributed by atoms with E-state index in [1.807, 2.05) is 65.5 Å². The normalized spacial score (nSPS) is 10.9. The third-order valence-electron chi connectivity index (χ3n) is 4.56. The van der Waals surface area contributed by atoms with Crippen LogP contribution in [0, 0.1) is 6.92 Å². The molecule has 31 heavy (non-hydrogen) atoms. The quantitative estimate of drug-likeness (QED) is 0.207. The predicted octanol–water partition coefficient (Wildman–Crippen LogP) is 5.93. The Labute approximate surface area is 194 Å². The number of benzene rings is 3. The van der Waals surface area contributed by atoms with E-state index in [0.717, 1.165) is 32.7 Å². The molecule has 0 bridgehead atoms. The zero-order chi connectivity index (χ0) is 21.6. The van der Waals surface area contributed by atoms with Gasteiger partial charge in [-0.3, -0.25) is 5.43 Å². The standard InChI is InChI=1S/C24H20BrN5S/c1-17-7-9-18(10-8-17)23-19(16-30(29-23)22-13-11-20(25)12-14-22)15-26-28-24(31)27-21-5-3-2-4-6-21/h2-16H,1H3,(H2,27,28,31). The van der Waals surface area contributed by atoms with E-state index in [1.165, 1.54) is 5.56 Å². The molecule has 2 N–H and O–H groups in total. The highest BCUT2D eigenvalue weighted by atomic mass is 79.9. The number of aromatic nitrogens is 2. The Hall–Kier alpha value is -3.29. The van der Waals surface area contributed by atoms with Gasteiger partial charge in [0, 0.05) is 27.5 Å². The van der Waals surface area contributed by atoms with Gasteiger partial charge in [0.15, 0.2) is 5.11 Å². The molecule has 0 unspecified atom stereocenters. The van der Waals surface area contributed by atoms with Gasteiger partial charge in [-0.1, -0.05) is 64.0 Å². The van der Waals surface area contributed by atoms with Crippen LogP contribution in [0.4, 0.5) is 5.69 Å². The Kier molecular flexibility index (Phi) is 6.54. The van der Waals surface area contributed by atoms with E-state index in [4.69, 9.17) is 17.3 Å². The lowest BCUT2D eigenvalue weighted by Crippen LogP contribution is -2.23. The molecule has 7 heteroatoms. The fraction of sp³-hybridized carbons (Fsp3) is 0.0417. The maximum atomic E-state index is 5.32. The minimum atomic E-state index is 0.416. The van der Waals surface area contributed by atoms with Crippen molar-refractivity contribution < 1.29 is 0 Å². The van der Waals surface area contributed by atoms with E-state index in [2.05, 4.69) is 63.0 Å². The van der Waals surface area contributed by atoms with Crippen LogP contribution in [0.1, 0.15) is 11.1 Å². The molecule has 1 heterocycles. The molecule has 1 aromatic heterocycles. The first kappa shape index (κ1) is 21.0. The number of thiocarbonyl (C=S) groups is 1. The summed E-state index contributed by atoms with van der Waals surface area (Å²) in [6.45, 7) is 2.07. The maximum absolute atomic E-state index is 5.32. The van der Waals surface area contributed by atoms with Gasteiger partial charge in [0.25, 0.3) is 0 Å². The summed E-state index contributed by atoms with van der Waals surface area (Å²) in [4.78, 5) is 0. The Morgan fingerprint density at radius 3 is 2.42 bits per heavy atom. The van der Waals surface area contributed by atoms with Crippen LogP contribution in [0.25, 0.3) is 16.9 Å². The molecule has 0 saturated heterocycles. The van der Waals surface area contributed by atoms with Crippen LogP contribution >= 0.6 is 28.1 Å². The van der Waals surface area contributed by atoms with Crippen molar-refractivity contribution in [2.24, 2.45) is 5.10 Å². The van der Waals surface area contributed by atoms with Crippen molar-refractivity contribution >= 4 is 45.2 Å². The SMILES string of the molecule is Cc1ccc(-c2nn(-c3ccc(Br)cc3)cc2C=NNC(=S)Nc2ccccc2)cc1. The third-order valence-corrected chi connectivity index (χ3v) is 5.28. The highest BCUT2D eigenvalue weighted by molar-refractivity contribution is 9.10. The number of anilines is 1. The highest BCUT2D eigenvalue weighted by Crippen LogP contribution is 2.23. The number of halogens is 1. The van der Waals surface area contributed by atoms with E-state index in [9.17, 15) is 0 Å². The van der Waals surface area contributed by atoms with Gasteiger partial charge < -0.3 is 5.32 Å². The Morgan fingerprint density at radius 1 is 1.00 bits per heavy atom. The van der Waals surface area contributed by atoms with Crippen molar-refractivity contribution in [2.45, 2.75) is 6.92 Å². The van der Waals surface area contributed by atoms with Crippen LogP contribution in [-0.4, -0.2) is 21.1 Å². The number of nitrogens with zero attached hydrogens (tertiary/aromatic N) is 3. The molecule has 0 saturated carbocycles. The van der Waals surface area contributed by atoms with Crippen LogP contribution in [-0.2, 0) is 0 Å². The largest absolute Gasteiger partial charge is 0.331 e. The summed E-state index contributed by atoms with van der Waals surface area (Å²) < 4.78 is 2.87. The number of hydrogen-bond acceptors (Lipinski definition) is 3. The van der Waals surface area contributed by atoms with E-state index in [0.29, 0.717) is 5.11 Å². The lowest BCUT2D eigenvalue weighted by atomic mass is 10.1. The molecule has 0 fully saturated rings. The first-order valence-electron chi connectivity index (χ1n) is 9.66. The minimum absolute atomic E-state index is 0.416. The second kappa shape index (κ2) is 9.68. The van der Waals surface area contributed by atoms with Gasteiger partial charge >= 0.3 is 0 Å². The Balaban J connectivity index is 1.58. The first-order chi connectivity index (χ1) is 15.1. The molecule has 0 spiro atoms. The number of rotatable bonds is 5. The van der Waals surface area contributed by atoms with Crippen LogP contribution in [0.15, 0.2) is 94.6 Å². The zero-order valence-corrected chi connectivity index (χ0v) is 19.2. The van der Waals surface area contributed by atoms with Crippen LogP contribution < -0.4 is 10.7 Å². The molecule has 3 aromatic carbocycles. The van der Waals surface area contributed by atoms with E-state index >= 15 is 0 Å². The first-order valence-corrected chi connectivity index (χ1v) is 10.9. The fourth-order valence-corrected chi connectivity index (χ4v) is 3.42. The Bertz CT molecular complexity index is 1200. The van der Waals surface area contributed by atoms with Crippen LogP contribution in [0.2, 0.25) is 0 Å². The summed E-state index contributed by atoms with van der Waals surface area (Å²) in [6, 6.07) is 26.0. The molecule has 154 valence electrons. The molecule has 0 aliphatic heterocycles. The molecule has 0 aliphatic rings. The van der Waals surface area contributed by atoms with Gasteiger partial charge in [0.05, 0.1) is 11.9 Å². The van der Waals surface area contributed by atoms with Gasteiger partial charge in [-0.15, -0.1) is 0 Å². The highest BCUT2D eigenvalue weighted by Gasteiger charge is 2.11. The third kappa shape index (κ3) is 5.45. The van der Waals surface area contributed by atoms with Gasteiger partial charge in [-0.2, -0.15) is 10.2 Å². The van der Waals surface area contributed by atoms with Crippen LogP contribution in [0.3, 0.4) is 0 Å². The maximum Gasteiger partial charge on any atom is 0.191 e. The van der Waals surface area contributed by atoms with E-state index < -0.39 is 0 Å². The lowest BCUT2D eigenvalue weighted by Gasteiger charge is -2.06. The predicted molar refractivity (Wildman–Crippen MR) is 135 cm³/mol. The number of aryl methyl sites for hydroxylation is 1. The number of nitrogens with one attached hydrogen (secondary N) is 2. The summed E-state index contributed by atoms with van der Waals surface area (Å²) in [6.07, 6.45) is 3.69. The smallest absolute Gasteiger partial charge is 0.191 e. The molecular formula is C24H20BrN5S. The van der Waals surface area contributed by atoms with Crippen LogP contribution in [0.5, 0.6) is 0 Å². The topological polar surface area (TPSA) is 54.2 Å². The molecular weight excluding hydrogens is 470 g/mol. The van der Waals surface area contributed by atoms with Crippen molar-refractivity contribution in [2.75, 3.05) is 5.32 Å². The summed E-state index contributed by atoms with van der Waals surface area (Å²) in [5.41, 5.74) is 8.68. The van der Waals surface area contributed by atoms with Gasteiger partial charge in [0.1, 0.15) is 5.69 Å². The number of para-hydroxylation sites is 1. The second-order valence-corrected chi connectivity index (χ2v) is 8.23. The summed E-state index contributed by atoms with van der Waals surface area (Å²) in [5, 5.41) is 12.6. The number of hydrazone groups is 1. The molecule has 4 aromatic rings. The van der Waals surface area contributed by atoms with Crippen molar-refractivity contribution in [1.29, 1.82) is 0 Å². The van der Waals surface area contributed by atoms with Gasteiger partial charge in [0.2, 0.25) is 0 Å². The molecule has 0 aliphatic carbocycles. The molecule has 0 atom stereocenters. The summed E-state index contributed by atoms with van der Waals surface area (Å²) in [7, 11) is 0. The summed E-state index contributed by atoms with van der Waals surface area (Å²) >= 11 is 8.80. The zero-order valence-electron chi connectivity index (χ0n) is 16.8. The van der Waals surface area contributed by atoms with E-state index in [-0.39, 0.29) is 0 Å². The minimum Gasteiger partial charge on any atom is -0.331 e. The second-order valence-electron chi connectivity index (χ2n) is 6.91. The fourth-order valence-electron chi connectivity index (χ4n) is 2.98.